The van der Waals surface area contributed by atoms with Gasteiger partial charge < -0.3 is 5.73 Å². The summed E-state index contributed by atoms with van der Waals surface area (Å²) < 4.78 is 41.2. The molecule has 1 fully saturated rings. The highest BCUT2D eigenvalue weighted by atomic mass is 79.9. The molecule has 1 aliphatic carbocycles. The Labute approximate surface area is 133 Å². The van der Waals surface area contributed by atoms with Gasteiger partial charge >= 0.3 is 0 Å². The zero-order chi connectivity index (χ0) is 15.6. The van der Waals surface area contributed by atoms with Crippen LogP contribution in [0, 0.1) is 11.7 Å². The minimum absolute atomic E-state index is 0.0722. The summed E-state index contributed by atoms with van der Waals surface area (Å²) in [6.07, 6.45) is 4.97. The largest absolute Gasteiger partial charge is 0.398 e. The molecule has 1 aliphatic rings. The van der Waals surface area contributed by atoms with E-state index in [1.807, 2.05) is 0 Å². The van der Waals surface area contributed by atoms with Crippen molar-refractivity contribution in [2.75, 3.05) is 5.73 Å². The highest BCUT2D eigenvalue weighted by Gasteiger charge is 2.29. The minimum Gasteiger partial charge on any atom is -0.398 e. The lowest BCUT2D eigenvalue weighted by Gasteiger charge is -2.31. The molecule has 0 spiro atoms. The first-order chi connectivity index (χ1) is 9.85. The Morgan fingerprint density at radius 1 is 1.38 bits per heavy atom. The number of nitrogens with two attached hydrogens (primary N) is 1. The Balaban J connectivity index is 2.28. The maximum absolute atomic E-state index is 13.4. The molecule has 0 saturated heterocycles. The number of hydrogen-bond donors (Lipinski definition) is 2. The van der Waals surface area contributed by atoms with Crippen LogP contribution in [0.15, 0.2) is 21.5 Å². The van der Waals surface area contributed by atoms with Gasteiger partial charge in [-0.15, -0.1) is 0 Å². The van der Waals surface area contributed by atoms with Crippen LogP contribution in [0.2, 0.25) is 0 Å². The van der Waals surface area contributed by atoms with Crippen molar-refractivity contribution in [2.24, 2.45) is 5.92 Å². The SMILES string of the molecule is CCC1CCCCC1NS(=O)(=O)c1cc(Br)c(F)cc1N. The Hall–Kier alpha value is -0.660. The third-order valence-corrected chi connectivity index (χ3v) is 6.24. The van der Waals surface area contributed by atoms with Crippen molar-refractivity contribution < 1.29 is 12.8 Å². The van der Waals surface area contributed by atoms with Crippen LogP contribution in [0.5, 0.6) is 0 Å². The van der Waals surface area contributed by atoms with E-state index in [0.29, 0.717) is 5.92 Å². The quantitative estimate of drug-likeness (QED) is 0.788. The Morgan fingerprint density at radius 3 is 2.71 bits per heavy atom. The maximum Gasteiger partial charge on any atom is 0.242 e. The minimum atomic E-state index is -3.74. The van der Waals surface area contributed by atoms with E-state index in [9.17, 15) is 12.8 Å². The van der Waals surface area contributed by atoms with Gasteiger partial charge in [0.1, 0.15) is 10.7 Å². The molecule has 3 N–H and O–H groups in total. The molecule has 1 saturated carbocycles. The van der Waals surface area contributed by atoms with Gasteiger partial charge in [0.25, 0.3) is 0 Å². The molecule has 0 amide bonds. The molecule has 0 radical (unpaired) electrons. The highest BCUT2D eigenvalue weighted by molar-refractivity contribution is 9.10. The van der Waals surface area contributed by atoms with Gasteiger partial charge in [-0.2, -0.15) is 0 Å². The summed E-state index contributed by atoms with van der Waals surface area (Å²) in [7, 11) is -3.74. The molecule has 21 heavy (non-hydrogen) atoms. The number of rotatable bonds is 4. The first-order valence-corrected chi connectivity index (χ1v) is 9.39. The van der Waals surface area contributed by atoms with Crippen molar-refractivity contribution in [2.45, 2.75) is 50.0 Å². The van der Waals surface area contributed by atoms with E-state index >= 15 is 0 Å². The van der Waals surface area contributed by atoms with Gasteiger partial charge in [-0.25, -0.2) is 17.5 Å². The Kier molecular flexibility index (Phi) is 5.27. The fourth-order valence-electron chi connectivity index (χ4n) is 2.89. The summed E-state index contributed by atoms with van der Waals surface area (Å²) in [5, 5.41) is 0. The smallest absolute Gasteiger partial charge is 0.242 e. The lowest BCUT2D eigenvalue weighted by atomic mass is 9.83. The van der Waals surface area contributed by atoms with Crippen molar-refractivity contribution in [3.63, 3.8) is 0 Å². The van der Waals surface area contributed by atoms with Crippen LogP contribution in [-0.2, 0) is 10.0 Å². The van der Waals surface area contributed by atoms with Crippen LogP contribution in [0.4, 0.5) is 10.1 Å². The number of benzene rings is 1. The molecular weight excluding hydrogens is 359 g/mol. The normalized spacial score (nSPS) is 23.2. The zero-order valence-electron chi connectivity index (χ0n) is 11.9. The molecule has 0 aromatic heterocycles. The molecule has 7 heteroatoms. The molecule has 2 rings (SSSR count). The van der Waals surface area contributed by atoms with Crippen molar-refractivity contribution in [3.8, 4) is 0 Å². The molecule has 2 unspecified atom stereocenters. The van der Waals surface area contributed by atoms with Gasteiger partial charge in [0.2, 0.25) is 10.0 Å². The second-order valence-electron chi connectivity index (χ2n) is 5.48. The number of anilines is 1. The first kappa shape index (κ1) is 16.7. The van der Waals surface area contributed by atoms with E-state index in [1.165, 1.54) is 6.07 Å². The van der Waals surface area contributed by atoms with Gasteiger partial charge in [-0.3, -0.25) is 0 Å². The molecule has 118 valence electrons. The molecule has 2 atom stereocenters. The average Bonchev–Trinajstić information content (AvgIpc) is 2.43. The van der Waals surface area contributed by atoms with Crippen LogP contribution < -0.4 is 10.5 Å². The molecule has 0 heterocycles. The van der Waals surface area contributed by atoms with Crippen molar-refractivity contribution >= 4 is 31.6 Å². The summed E-state index contributed by atoms with van der Waals surface area (Å²) in [5.74, 6) is -0.228. The number of hydrogen-bond acceptors (Lipinski definition) is 3. The summed E-state index contributed by atoms with van der Waals surface area (Å²) in [6.45, 7) is 2.07. The van der Waals surface area contributed by atoms with Gasteiger partial charge in [0, 0.05) is 6.04 Å². The zero-order valence-corrected chi connectivity index (χ0v) is 14.3. The average molecular weight is 379 g/mol. The summed E-state index contributed by atoms with van der Waals surface area (Å²) in [4.78, 5) is -0.0730. The number of nitrogens with one attached hydrogen (secondary N) is 1. The lowest BCUT2D eigenvalue weighted by molar-refractivity contribution is 0.282. The third kappa shape index (κ3) is 3.76. The molecule has 0 bridgehead atoms. The number of nitrogen functional groups attached to an aromatic ring is 1. The second-order valence-corrected chi connectivity index (χ2v) is 8.02. The van der Waals surface area contributed by atoms with Crippen LogP contribution in [0.25, 0.3) is 0 Å². The van der Waals surface area contributed by atoms with Gasteiger partial charge in [0.05, 0.1) is 10.2 Å². The van der Waals surface area contributed by atoms with E-state index in [4.69, 9.17) is 5.73 Å². The van der Waals surface area contributed by atoms with Gasteiger partial charge in [0.15, 0.2) is 0 Å². The van der Waals surface area contributed by atoms with E-state index < -0.39 is 15.8 Å². The topological polar surface area (TPSA) is 72.2 Å². The van der Waals surface area contributed by atoms with Gasteiger partial charge in [-0.1, -0.05) is 26.2 Å². The van der Waals surface area contributed by atoms with Gasteiger partial charge in [-0.05, 0) is 46.8 Å². The monoisotopic (exact) mass is 378 g/mol. The van der Waals surface area contributed by atoms with Crippen LogP contribution in [0.1, 0.15) is 39.0 Å². The van der Waals surface area contributed by atoms with E-state index in [0.717, 1.165) is 38.2 Å². The van der Waals surface area contributed by atoms with E-state index in [2.05, 4.69) is 27.6 Å². The fourth-order valence-corrected chi connectivity index (χ4v) is 4.86. The predicted molar refractivity (Wildman–Crippen MR) is 84.9 cm³/mol. The van der Waals surface area contributed by atoms with E-state index in [-0.39, 0.29) is 21.1 Å². The number of halogens is 2. The van der Waals surface area contributed by atoms with Crippen LogP contribution in [-0.4, -0.2) is 14.5 Å². The summed E-state index contributed by atoms with van der Waals surface area (Å²) in [6, 6.07) is 2.17. The van der Waals surface area contributed by atoms with Crippen molar-refractivity contribution in [3.05, 3.63) is 22.4 Å². The molecule has 1 aromatic carbocycles. The first-order valence-electron chi connectivity index (χ1n) is 7.12. The van der Waals surface area contributed by atoms with Crippen LogP contribution >= 0.6 is 15.9 Å². The summed E-state index contributed by atoms with van der Waals surface area (Å²) in [5.41, 5.74) is 5.59. The second kappa shape index (κ2) is 6.62. The third-order valence-electron chi connectivity index (χ3n) is 4.08. The highest BCUT2D eigenvalue weighted by Crippen LogP contribution is 2.30. The number of sulfonamides is 1. The predicted octanol–water partition coefficient (Wildman–Crippen LogP) is 3.42. The van der Waals surface area contributed by atoms with Crippen molar-refractivity contribution in [1.82, 2.24) is 4.72 Å². The standard InChI is InChI=1S/C14H20BrFN2O2S/c1-2-9-5-3-4-6-13(9)18-21(19,20)14-7-10(15)11(16)8-12(14)17/h7-9,13,18H,2-6,17H2,1H3. The Morgan fingerprint density at radius 2 is 2.05 bits per heavy atom. The fraction of sp³-hybridized carbons (Fsp3) is 0.571. The lowest BCUT2D eigenvalue weighted by Crippen LogP contribution is -2.42. The maximum atomic E-state index is 13.4. The Bertz CT molecular complexity index is 622. The van der Waals surface area contributed by atoms with Crippen LogP contribution in [0.3, 0.4) is 0 Å². The molecular formula is C14H20BrFN2O2S. The molecule has 1 aromatic rings. The summed E-state index contributed by atoms with van der Waals surface area (Å²) >= 11 is 3.00. The molecule has 4 nitrogen and oxygen atoms in total. The van der Waals surface area contributed by atoms with E-state index in [1.54, 1.807) is 0 Å². The molecule has 0 aliphatic heterocycles. The van der Waals surface area contributed by atoms with Crippen molar-refractivity contribution in [1.29, 1.82) is 0 Å².